The molecule has 176 valence electrons. The van der Waals surface area contributed by atoms with E-state index in [-0.39, 0.29) is 5.97 Å². The summed E-state index contributed by atoms with van der Waals surface area (Å²) in [5.41, 5.74) is 3.46. The summed E-state index contributed by atoms with van der Waals surface area (Å²) in [5.74, 6) is 1.16. The Labute approximate surface area is 193 Å². The zero-order valence-electron chi connectivity index (χ0n) is 19.4. The second-order valence-electron chi connectivity index (χ2n) is 7.99. The number of benzene rings is 2. The van der Waals surface area contributed by atoms with Gasteiger partial charge in [0.05, 0.1) is 31.9 Å². The number of nitrogens with zero attached hydrogens (tertiary/aromatic N) is 2. The van der Waals surface area contributed by atoms with E-state index in [0.29, 0.717) is 19.0 Å². The number of hydrogen-bond donors (Lipinski definition) is 0. The van der Waals surface area contributed by atoms with Crippen LogP contribution in [0.2, 0.25) is 0 Å². The predicted octanol–water partition coefficient (Wildman–Crippen LogP) is 3.67. The lowest BCUT2D eigenvalue weighted by atomic mass is 9.91. The molecule has 8 nitrogen and oxygen atoms in total. The van der Waals surface area contributed by atoms with Gasteiger partial charge in [-0.1, -0.05) is 36.4 Å². The Hall–Kier alpha value is -2.94. The standard InChI is InChI=1S/C23H26N2O5.C2H4O/c1-14-24-19-18(25(14)3)11-10-17-21(19)30-20(16-8-6-5-7-9-16)23(29-15(2)26)22(17)28-13-12-27-4;1-2-3-1/h5-11,20,22-23H,12-13H2,1-4H3;1-2H2/t20-,22-,23-;/m1./s1. The van der Waals surface area contributed by atoms with E-state index in [1.807, 2.05) is 61.0 Å². The monoisotopic (exact) mass is 454 g/mol. The summed E-state index contributed by atoms with van der Waals surface area (Å²) in [6.45, 7) is 6.15. The topological polar surface area (TPSA) is 84.3 Å². The number of imidazole rings is 1. The number of aryl methyl sites for hydroxylation is 2. The number of ether oxygens (including phenoxy) is 5. The first kappa shape index (κ1) is 23.2. The Balaban J connectivity index is 0.000000799. The summed E-state index contributed by atoms with van der Waals surface area (Å²) < 4.78 is 30.1. The van der Waals surface area contributed by atoms with Gasteiger partial charge >= 0.3 is 5.97 Å². The van der Waals surface area contributed by atoms with Crippen LogP contribution in [0.1, 0.15) is 36.1 Å². The summed E-state index contributed by atoms with van der Waals surface area (Å²) in [7, 11) is 3.60. The molecule has 0 radical (unpaired) electrons. The van der Waals surface area contributed by atoms with E-state index < -0.39 is 18.3 Å². The Bertz CT molecular complexity index is 1090. The van der Waals surface area contributed by atoms with Gasteiger partial charge in [0, 0.05) is 26.6 Å². The lowest BCUT2D eigenvalue weighted by Gasteiger charge is -2.38. The van der Waals surface area contributed by atoms with Crippen LogP contribution in [0.5, 0.6) is 5.75 Å². The SMILES string of the molecule is C1CO1.COCCO[C@@H]1c2ccc3c(nc(C)n3C)c2O[C@H](c2ccccc2)[C@H]1OC(C)=O. The number of fused-ring (bicyclic) bond motifs is 3. The average Bonchev–Trinajstić information content (AvgIpc) is 3.66. The fourth-order valence-electron chi connectivity index (χ4n) is 3.90. The molecule has 0 saturated carbocycles. The number of esters is 1. The smallest absolute Gasteiger partial charge is 0.303 e. The van der Waals surface area contributed by atoms with Crippen LogP contribution >= 0.6 is 0 Å². The van der Waals surface area contributed by atoms with Crippen LogP contribution in [-0.4, -0.2) is 55.2 Å². The second kappa shape index (κ2) is 10.3. The second-order valence-corrected chi connectivity index (χ2v) is 7.99. The zero-order valence-corrected chi connectivity index (χ0v) is 19.4. The number of methoxy groups -OCH3 is 1. The van der Waals surface area contributed by atoms with Gasteiger partial charge in [0.25, 0.3) is 0 Å². The molecule has 3 heterocycles. The van der Waals surface area contributed by atoms with Crippen LogP contribution in [-0.2, 0) is 30.8 Å². The van der Waals surface area contributed by atoms with Gasteiger partial charge in [-0.05, 0) is 18.6 Å². The van der Waals surface area contributed by atoms with E-state index in [9.17, 15) is 4.79 Å². The summed E-state index contributed by atoms with van der Waals surface area (Å²) in [6.07, 6.45) is -1.68. The van der Waals surface area contributed by atoms with E-state index in [1.54, 1.807) is 7.11 Å². The van der Waals surface area contributed by atoms with Crippen LogP contribution in [0.15, 0.2) is 42.5 Å². The minimum Gasteiger partial charge on any atom is -0.479 e. The third kappa shape index (κ3) is 5.19. The highest BCUT2D eigenvalue weighted by molar-refractivity contribution is 5.85. The third-order valence-electron chi connectivity index (χ3n) is 5.63. The Morgan fingerprint density at radius 3 is 2.52 bits per heavy atom. The molecule has 0 N–H and O–H groups in total. The molecule has 0 unspecified atom stereocenters. The minimum absolute atomic E-state index is 0.360. The van der Waals surface area contributed by atoms with Gasteiger partial charge in [0.2, 0.25) is 0 Å². The quantitative estimate of drug-likeness (QED) is 0.319. The number of epoxide rings is 1. The molecule has 8 heteroatoms. The predicted molar refractivity (Wildman–Crippen MR) is 122 cm³/mol. The molecule has 1 aromatic heterocycles. The molecule has 0 amide bonds. The number of carbonyl (C=O) groups excluding carboxylic acids is 1. The molecule has 3 atom stereocenters. The normalized spacial score (nSPS) is 20.9. The van der Waals surface area contributed by atoms with Crippen molar-refractivity contribution in [3.63, 3.8) is 0 Å². The van der Waals surface area contributed by atoms with Gasteiger partial charge < -0.3 is 28.3 Å². The molecular formula is C25H30N2O6. The van der Waals surface area contributed by atoms with Crippen molar-refractivity contribution < 1.29 is 28.5 Å². The van der Waals surface area contributed by atoms with Gasteiger partial charge in [0.1, 0.15) is 17.4 Å². The third-order valence-corrected chi connectivity index (χ3v) is 5.63. The largest absolute Gasteiger partial charge is 0.479 e. The fraction of sp³-hybridized carbons (Fsp3) is 0.440. The van der Waals surface area contributed by atoms with E-state index in [1.165, 1.54) is 6.92 Å². The van der Waals surface area contributed by atoms with Crippen molar-refractivity contribution in [3.8, 4) is 5.75 Å². The summed E-state index contributed by atoms with van der Waals surface area (Å²) in [6, 6.07) is 13.7. The molecule has 33 heavy (non-hydrogen) atoms. The van der Waals surface area contributed by atoms with Crippen molar-refractivity contribution >= 4 is 17.0 Å². The fourth-order valence-corrected chi connectivity index (χ4v) is 3.90. The first-order valence-corrected chi connectivity index (χ1v) is 11.0. The van der Waals surface area contributed by atoms with Gasteiger partial charge in [-0.25, -0.2) is 4.98 Å². The van der Waals surface area contributed by atoms with Gasteiger partial charge in [-0.3, -0.25) is 4.79 Å². The lowest BCUT2D eigenvalue weighted by Crippen LogP contribution is -2.39. The number of hydrogen-bond acceptors (Lipinski definition) is 7. The molecule has 1 fully saturated rings. The van der Waals surface area contributed by atoms with Crippen molar-refractivity contribution in [1.82, 2.24) is 9.55 Å². The van der Waals surface area contributed by atoms with E-state index in [4.69, 9.17) is 23.9 Å². The van der Waals surface area contributed by atoms with Crippen LogP contribution in [0.25, 0.3) is 11.0 Å². The molecular weight excluding hydrogens is 424 g/mol. The average molecular weight is 455 g/mol. The molecule has 3 aromatic rings. The molecule has 2 aromatic carbocycles. The first-order chi connectivity index (χ1) is 16.0. The first-order valence-electron chi connectivity index (χ1n) is 11.0. The van der Waals surface area contributed by atoms with Crippen molar-refractivity contribution in [2.24, 2.45) is 7.05 Å². The Morgan fingerprint density at radius 1 is 1.15 bits per heavy atom. The minimum atomic E-state index is -0.642. The molecule has 0 spiro atoms. The van der Waals surface area contributed by atoms with Crippen molar-refractivity contribution in [1.29, 1.82) is 0 Å². The summed E-state index contributed by atoms with van der Waals surface area (Å²) >= 11 is 0. The number of rotatable bonds is 6. The molecule has 0 bridgehead atoms. The maximum absolute atomic E-state index is 12.0. The van der Waals surface area contributed by atoms with Crippen molar-refractivity contribution in [2.75, 3.05) is 33.5 Å². The maximum atomic E-state index is 12.0. The summed E-state index contributed by atoms with van der Waals surface area (Å²) in [4.78, 5) is 16.7. The Kier molecular flexibility index (Phi) is 7.27. The van der Waals surface area contributed by atoms with Crippen molar-refractivity contribution in [3.05, 3.63) is 59.4 Å². The number of carbonyl (C=O) groups is 1. The summed E-state index contributed by atoms with van der Waals surface area (Å²) in [5, 5.41) is 0. The molecule has 5 rings (SSSR count). The van der Waals surface area contributed by atoms with E-state index in [2.05, 4.69) is 4.74 Å². The maximum Gasteiger partial charge on any atom is 0.303 e. The highest BCUT2D eigenvalue weighted by Crippen LogP contribution is 2.47. The highest BCUT2D eigenvalue weighted by Gasteiger charge is 2.43. The lowest BCUT2D eigenvalue weighted by molar-refractivity contribution is -0.170. The van der Waals surface area contributed by atoms with Gasteiger partial charge in [-0.15, -0.1) is 0 Å². The molecule has 1 saturated heterocycles. The highest BCUT2D eigenvalue weighted by atomic mass is 16.6. The van der Waals surface area contributed by atoms with Gasteiger partial charge in [0.15, 0.2) is 18.0 Å². The van der Waals surface area contributed by atoms with E-state index in [0.717, 1.165) is 41.2 Å². The van der Waals surface area contributed by atoms with Gasteiger partial charge in [-0.2, -0.15) is 0 Å². The van der Waals surface area contributed by atoms with Crippen LogP contribution in [0.4, 0.5) is 0 Å². The van der Waals surface area contributed by atoms with Crippen LogP contribution in [0, 0.1) is 6.92 Å². The number of aromatic nitrogens is 2. The zero-order chi connectivity index (χ0) is 23.4. The molecule has 0 aliphatic carbocycles. The molecule has 2 aliphatic heterocycles. The van der Waals surface area contributed by atoms with Crippen molar-refractivity contribution in [2.45, 2.75) is 32.2 Å². The molecule has 2 aliphatic rings. The van der Waals surface area contributed by atoms with Crippen LogP contribution in [0.3, 0.4) is 0 Å². The Morgan fingerprint density at radius 2 is 1.88 bits per heavy atom. The van der Waals surface area contributed by atoms with Crippen LogP contribution < -0.4 is 4.74 Å². The van der Waals surface area contributed by atoms with E-state index >= 15 is 0 Å².